The molecule has 0 fully saturated rings. The number of carbonyl (C=O) groups excluding carboxylic acids is 3. The highest BCUT2D eigenvalue weighted by molar-refractivity contribution is 6.53. The van der Waals surface area contributed by atoms with E-state index in [1.54, 1.807) is 12.1 Å². The number of carboxylic acid groups (broad SMARTS) is 1. The molecular formula is C20H12O7. The van der Waals surface area contributed by atoms with Gasteiger partial charge in [-0.25, -0.2) is 9.59 Å². The number of aliphatic hydroxyl groups excluding tert-OH is 1. The number of rotatable bonds is 2. The van der Waals surface area contributed by atoms with Gasteiger partial charge in [0, 0.05) is 17.5 Å². The van der Waals surface area contributed by atoms with E-state index in [4.69, 9.17) is 4.74 Å². The summed E-state index contributed by atoms with van der Waals surface area (Å²) >= 11 is 0. The fourth-order valence-corrected chi connectivity index (χ4v) is 3.50. The average Bonchev–Trinajstić information content (AvgIpc) is 2.66. The lowest BCUT2D eigenvalue weighted by atomic mass is 9.75. The first-order valence-corrected chi connectivity index (χ1v) is 8.03. The number of carbonyl (C=O) groups is 4. The van der Waals surface area contributed by atoms with Crippen LogP contribution >= 0.6 is 0 Å². The van der Waals surface area contributed by atoms with Crippen LogP contribution in [-0.2, 0) is 20.7 Å². The molecule has 1 aliphatic heterocycles. The molecule has 2 aromatic rings. The molecule has 0 saturated heterocycles. The van der Waals surface area contributed by atoms with Crippen LogP contribution in [0.15, 0.2) is 54.1 Å². The van der Waals surface area contributed by atoms with E-state index < -0.39 is 40.4 Å². The Labute approximate surface area is 152 Å². The van der Waals surface area contributed by atoms with Crippen molar-refractivity contribution >= 4 is 29.3 Å². The van der Waals surface area contributed by atoms with Crippen LogP contribution in [0.1, 0.15) is 31.8 Å². The molecule has 2 aliphatic rings. The summed E-state index contributed by atoms with van der Waals surface area (Å²) in [7, 11) is 0. The number of Topliss-reactive ketones (excluding diaryl/α,β-unsaturated/α-hetero) is 2. The lowest BCUT2D eigenvalue weighted by molar-refractivity contribution is -0.156. The molecule has 0 amide bonds. The van der Waals surface area contributed by atoms with Gasteiger partial charge in [0.05, 0.1) is 5.56 Å². The van der Waals surface area contributed by atoms with Gasteiger partial charge in [-0.15, -0.1) is 0 Å². The van der Waals surface area contributed by atoms with Crippen LogP contribution in [0.3, 0.4) is 0 Å². The Morgan fingerprint density at radius 2 is 1.48 bits per heavy atom. The number of fused-ring (bicyclic) bond motifs is 2. The highest BCUT2D eigenvalue weighted by Crippen LogP contribution is 2.40. The van der Waals surface area contributed by atoms with Crippen molar-refractivity contribution in [1.29, 1.82) is 0 Å². The van der Waals surface area contributed by atoms with E-state index in [1.807, 2.05) is 0 Å². The third-order valence-corrected chi connectivity index (χ3v) is 4.79. The SMILES string of the molecule is O=C1C(=O)c2ccccc2C(O)=C1C1(C(=O)O)Cc2ccccc2C(=O)O1. The van der Waals surface area contributed by atoms with Crippen LogP contribution in [0.25, 0.3) is 5.76 Å². The number of aliphatic hydroxyl groups is 1. The molecule has 0 saturated carbocycles. The fraction of sp³-hybridized carbons (Fsp3) is 0.100. The molecule has 4 rings (SSSR count). The first kappa shape index (κ1) is 16.7. The standard InChI is InChI=1S/C20H12O7/c21-15-12-7-3-4-8-13(12)16(22)17(23)14(15)20(19(25)26)9-10-5-1-2-6-11(10)18(24)27-20/h1-8,21H,9H2,(H,25,26). The molecule has 2 aromatic carbocycles. The van der Waals surface area contributed by atoms with Gasteiger partial charge in [-0.2, -0.15) is 0 Å². The molecule has 7 nitrogen and oxygen atoms in total. The number of cyclic esters (lactones) is 1. The maximum absolute atomic E-state index is 12.7. The Morgan fingerprint density at radius 1 is 0.889 bits per heavy atom. The van der Waals surface area contributed by atoms with Gasteiger partial charge in [0.2, 0.25) is 17.2 Å². The summed E-state index contributed by atoms with van der Waals surface area (Å²) in [4.78, 5) is 49.7. The zero-order valence-corrected chi connectivity index (χ0v) is 13.8. The predicted molar refractivity (Wildman–Crippen MR) is 91.3 cm³/mol. The van der Waals surface area contributed by atoms with Crippen LogP contribution in [0, 0.1) is 0 Å². The molecule has 2 N–H and O–H groups in total. The highest BCUT2D eigenvalue weighted by atomic mass is 16.6. The number of hydrogen-bond donors (Lipinski definition) is 2. The second-order valence-electron chi connectivity index (χ2n) is 6.28. The van der Waals surface area contributed by atoms with Crippen LogP contribution in [0.4, 0.5) is 0 Å². The fourth-order valence-electron chi connectivity index (χ4n) is 3.50. The Morgan fingerprint density at radius 3 is 2.15 bits per heavy atom. The quantitative estimate of drug-likeness (QED) is 0.618. The van der Waals surface area contributed by atoms with Crippen molar-refractivity contribution in [2.45, 2.75) is 12.0 Å². The summed E-state index contributed by atoms with van der Waals surface area (Å²) in [6.45, 7) is 0. The van der Waals surface area contributed by atoms with Crippen LogP contribution in [0.2, 0.25) is 0 Å². The van der Waals surface area contributed by atoms with Gasteiger partial charge >= 0.3 is 11.9 Å². The topological polar surface area (TPSA) is 118 Å². The first-order valence-electron chi connectivity index (χ1n) is 8.03. The second kappa shape index (κ2) is 5.63. The smallest absolute Gasteiger partial charge is 0.353 e. The number of carboxylic acids is 1. The Kier molecular flexibility index (Phi) is 3.49. The minimum Gasteiger partial charge on any atom is -0.507 e. The maximum Gasteiger partial charge on any atom is 0.353 e. The second-order valence-corrected chi connectivity index (χ2v) is 6.28. The minimum absolute atomic E-state index is 0.0210. The van der Waals surface area contributed by atoms with E-state index in [0.29, 0.717) is 5.56 Å². The lowest BCUT2D eigenvalue weighted by Crippen LogP contribution is -2.53. The van der Waals surface area contributed by atoms with Crippen LogP contribution in [0.5, 0.6) is 0 Å². The molecule has 0 bridgehead atoms. The number of esters is 1. The number of ketones is 2. The van der Waals surface area contributed by atoms with Crippen LogP contribution in [-0.4, -0.2) is 39.3 Å². The van der Waals surface area contributed by atoms with Gasteiger partial charge in [-0.3, -0.25) is 9.59 Å². The average molecular weight is 364 g/mol. The molecule has 27 heavy (non-hydrogen) atoms. The van der Waals surface area contributed by atoms with Crippen molar-refractivity contribution in [3.05, 3.63) is 76.4 Å². The van der Waals surface area contributed by atoms with Crippen molar-refractivity contribution < 1.29 is 34.1 Å². The van der Waals surface area contributed by atoms with E-state index in [9.17, 15) is 29.4 Å². The highest BCUT2D eigenvalue weighted by Gasteiger charge is 2.56. The number of hydrogen-bond acceptors (Lipinski definition) is 6. The third kappa shape index (κ3) is 2.21. The lowest BCUT2D eigenvalue weighted by Gasteiger charge is -2.36. The zero-order valence-electron chi connectivity index (χ0n) is 13.8. The Balaban J connectivity index is 1.99. The summed E-state index contributed by atoms with van der Waals surface area (Å²) in [5.41, 5.74) is -2.73. The van der Waals surface area contributed by atoms with Gasteiger partial charge in [0.25, 0.3) is 0 Å². The molecule has 1 unspecified atom stereocenters. The summed E-state index contributed by atoms with van der Waals surface area (Å²) < 4.78 is 5.18. The van der Waals surface area contributed by atoms with E-state index in [1.165, 1.54) is 36.4 Å². The molecule has 0 radical (unpaired) electrons. The molecule has 134 valence electrons. The molecule has 1 aliphatic carbocycles. The summed E-state index contributed by atoms with van der Waals surface area (Å²) in [5, 5.41) is 20.5. The van der Waals surface area contributed by atoms with E-state index in [0.717, 1.165) is 0 Å². The molecular weight excluding hydrogens is 352 g/mol. The van der Waals surface area contributed by atoms with Crippen molar-refractivity contribution in [3.8, 4) is 0 Å². The molecule has 1 atom stereocenters. The molecule has 0 spiro atoms. The summed E-state index contributed by atoms with van der Waals surface area (Å²) in [5.74, 6) is -5.44. The summed E-state index contributed by atoms with van der Waals surface area (Å²) in [6, 6.07) is 12.0. The van der Waals surface area contributed by atoms with Gasteiger partial charge in [-0.05, 0) is 11.6 Å². The molecule has 0 aromatic heterocycles. The minimum atomic E-state index is -2.49. The predicted octanol–water partition coefficient (Wildman–Crippen LogP) is 1.96. The van der Waals surface area contributed by atoms with E-state index in [2.05, 4.69) is 0 Å². The van der Waals surface area contributed by atoms with Gasteiger partial charge in [0.15, 0.2) is 0 Å². The summed E-state index contributed by atoms with van der Waals surface area (Å²) in [6.07, 6.45) is -0.384. The maximum atomic E-state index is 12.7. The first-order chi connectivity index (χ1) is 12.9. The van der Waals surface area contributed by atoms with Crippen LogP contribution < -0.4 is 0 Å². The number of aliphatic carboxylic acids is 1. The van der Waals surface area contributed by atoms with Crippen molar-refractivity contribution in [2.75, 3.05) is 0 Å². The van der Waals surface area contributed by atoms with Crippen molar-refractivity contribution in [1.82, 2.24) is 0 Å². The van der Waals surface area contributed by atoms with Gasteiger partial charge in [-0.1, -0.05) is 42.5 Å². The van der Waals surface area contributed by atoms with Gasteiger partial charge < -0.3 is 14.9 Å². The number of benzene rings is 2. The van der Waals surface area contributed by atoms with Crippen molar-refractivity contribution in [3.63, 3.8) is 0 Å². The number of ether oxygens (including phenoxy) is 1. The molecule has 7 heteroatoms. The Bertz CT molecular complexity index is 1080. The Hall–Kier alpha value is -3.74. The van der Waals surface area contributed by atoms with Gasteiger partial charge in [0.1, 0.15) is 11.3 Å². The normalized spacial score (nSPS) is 21.4. The largest absolute Gasteiger partial charge is 0.507 e. The van der Waals surface area contributed by atoms with E-state index >= 15 is 0 Å². The monoisotopic (exact) mass is 364 g/mol. The van der Waals surface area contributed by atoms with E-state index in [-0.39, 0.29) is 23.1 Å². The van der Waals surface area contributed by atoms with Crippen molar-refractivity contribution in [2.24, 2.45) is 0 Å². The third-order valence-electron chi connectivity index (χ3n) is 4.79. The molecule has 1 heterocycles. The zero-order chi connectivity index (χ0) is 19.3.